The van der Waals surface area contributed by atoms with Crippen LogP contribution in [0.15, 0.2) is 0 Å². The molecule has 1 rings (SSSR count). The number of nitrogens with one attached hydrogen (secondary N) is 1. The van der Waals surface area contributed by atoms with Crippen LogP contribution in [0.3, 0.4) is 0 Å². The SMILES string of the molecule is CCCCCC(CCC(C)C)NCCCN1CCCCC1. The molecule has 1 aliphatic rings. The molecular formula is C19H40N2. The van der Waals surface area contributed by atoms with Crippen LogP contribution in [0.2, 0.25) is 0 Å². The molecule has 2 heteroatoms. The Hall–Kier alpha value is -0.0800. The lowest BCUT2D eigenvalue weighted by Gasteiger charge is -2.27. The summed E-state index contributed by atoms with van der Waals surface area (Å²) in [5.74, 6) is 0.842. The van der Waals surface area contributed by atoms with Crippen molar-refractivity contribution in [2.24, 2.45) is 5.92 Å². The maximum absolute atomic E-state index is 3.85. The Kier molecular flexibility index (Phi) is 11.3. The van der Waals surface area contributed by atoms with Crippen molar-refractivity contribution in [1.82, 2.24) is 10.2 Å². The predicted molar refractivity (Wildman–Crippen MR) is 94.9 cm³/mol. The summed E-state index contributed by atoms with van der Waals surface area (Å²) in [5.41, 5.74) is 0. The van der Waals surface area contributed by atoms with E-state index in [0.29, 0.717) is 0 Å². The highest BCUT2D eigenvalue weighted by molar-refractivity contribution is 4.70. The summed E-state index contributed by atoms with van der Waals surface area (Å²) in [6, 6.07) is 0.764. The van der Waals surface area contributed by atoms with Crippen LogP contribution in [-0.4, -0.2) is 37.1 Å². The van der Waals surface area contributed by atoms with Gasteiger partial charge in [0.15, 0.2) is 0 Å². The van der Waals surface area contributed by atoms with E-state index in [1.165, 1.54) is 90.4 Å². The summed E-state index contributed by atoms with van der Waals surface area (Å²) in [6.45, 7) is 12.2. The number of hydrogen-bond acceptors (Lipinski definition) is 2. The van der Waals surface area contributed by atoms with E-state index >= 15 is 0 Å². The minimum Gasteiger partial charge on any atom is -0.314 e. The fourth-order valence-corrected chi connectivity index (χ4v) is 3.32. The summed E-state index contributed by atoms with van der Waals surface area (Å²) in [5, 5.41) is 3.85. The lowest BCUT2D eigenvalue weighted by Crippen LogP contribution is -2.35. The fourth-order valence-electron chi connectivity index (χ4n) is 3.32. The highest BCUT2D eigenvalue weighted by Gasteiger charge is 2.11. The predicted octanol–water partition coefficient (Wildman–Crippen LogP) is 4.84. The van der Waals surface area contributed by atoms with Crippen molar-refractivity contribution < 1.29 is 0 Å². The van der Waals surface area contributed by atoms with Gasteiger partial charge in [-0.05, 0) is 70.6 Å². The monoisotopic (exact) mass is 296 g/mol. The van der Waals surface area contributed by atoms with Gasteiger partial charge in [-0.2, -0.15) is 0 Å². The second-order valence-electron chi connectivity index (χ2n) is 7.37. The molecule has 0 bridgehead atoms. The summed E-state index contributed by atoms with van der Waals surface area (Å²) in [7, 11) is 0. The lowest BCUT2D eigenvalue weighted by atomic mass is 9.99. The standard InChI is InChI=1S/C19H40N2/c1-4-5-7-11-19(13-12-18(2)3)20-14-10-17-21-15-8-6-9-16-21/h18-20H,4-17H2,1-3H3. The number of hydrogen-bond donors (Lipinski definition) is 1. The summed E-state index contributed by atoms with van der Waals surface area (Å²) < 4.78 is 0. The Morgan fingerprint density at radius 3 is 2.33 bits per heavy atom. The van der Waals surface area contributed by atoms with Crippen LogP contribution >= 0.6 is 0 Å². The van der Waals surface area contributed by atoms with Crippen LogP contribution in [-0.2, 0) is 0 Å². The number of rotatable bonds is 12. The van der Waals surface area contributed by atoms with Crippen molar-refractivity contribution in [1.29, 1.82) is 0 Å². The van der Waals surface area contributed by atoms with Crippen molar-refractivity contribution in [3.05, 3.63) is 0 Å². The second-order valence-corrected chi connectivity index (χ2v) is 7.37. The molecule has 0 spiro atoms. The maximum Gasteiger partial charge on any atom is 0.00671 e. The van der Waals surface area contributed by atoms with Gasteiger partial charge in [-0.15, -0.1) is 0 Å². The third-order valence-corrected chi connectivity index (χ3v) is 4.78. The number of piperidine rings is 1. The second kappa shape index (κ2) is 12.5. The number of nitrogens with zero attached hydrogens (tertiary/aromatic N) is 1. The average molecular weight is 297 g/mol. The van der Waals surface area contributed by atoms with Gasteiger partial charge in [-0.1, -0.05) is 46.5 Å². The quantitative estimate of drug-likeness (QED) is 0.519. The first-order valence-electron chi connectivity index (χ1n) is 9.68. The Balaban J connectivity index is 2.11. The molecule has 21 heavy (non-hydrogen) atoms. The fraction of sp³-hybridized carbons (Fsp3) is 1.00. The van der Waals surface area contributed by atoms with Crippen molar-refractivity contribution in [3.63, 3.8) is 0 Å². The van der Waals surface area contributed by atoms with Gasteiger partial charge in [0.2, 0.25) is 0 Å². The van der Waals surface area contributed by atoms with Crippen LogP contribution < -0.4 is 5.32 Å². The molecule has 126 valence electrons. The Morgan fingerprint density at radius 2 is 1.67 bits per heavy atom. The summed E-state index contributed by atoms with van der Waals surface area (Å²) in [6.07, 6.45) is 13.9. The smallest absolute Gasteiger partial charge is 0.00671 e. The van der Waals surface area contributed by atoms with Crippen LogP contribution in [0.1, 0.15) is 85.0 Å². The van der Waals surface area contributed by atoms with Gasteiger partial charge in [-0.25, -0.2) is 0 Å². The van der Waals surface area contributed by atoms with Gasteiger partial charge in [-0.3, -0.25) is 0 Å². The Labute approximate surface area is 134 Å². The van der Waals surface area contributed by atoms with E-state index in [2.05, 4.69) is 31.0 Å². The molecule has 0 radical (unpaired) electrons. The first-order valence-corrected chi connectivity index (χ1v) is 9.68. The van der Waals surface area contributed by atoms with Crippen LogP contribution in [0, 0.1) is 5.92 Å². The zero-order valence-electron chi connectivity index (χ0n) is 15.0. The van der Waals surface area contributed by atoms with Gasteiger partial charge in [0.25, 0.3) is 0 Å². The molecule has 0 amide bonds. The molecule has 1 N–H and O–H groups in total. The van der Waals surface area contributed by atoms with Crippen molar-refractivity contribution in [3.8, 4) is 0 Å². The highest BCUT2D eigenvalue weighted by atomic mass is 15.1. The van der Waals surface area contributed by atoms with Gasteiger partial charge in [0.05, 0.1) is 0 Å². The molecular weight excluding hydrogens is 256 g/mol. The number of unbranched alkanes of at least 4 members (excludes halogenated alkanes) is 2. The average Bonchev–Trinajstić information content (AvgIpc) is 2.49. The first-order chi connectivity index (χ1) is 10.2. The minimum atomic E-state index is 0.764. The molecule has 0 aromatic carbocycles. The summed E-state index contributed by atoms with van der Waals surface area (Å²) in [4.78, 5) is 2.66. The molecule has 0 aromatic rings. The Morgan fingerprint density at radius 1 is 0.905 bits per heavy atom. The van der Waals surface area contributed by atoms with Gasteiger partial charge in [0, 0.05) is 6.04 Å². The van der Waals surface area contributed by atoms with E-state index < -0.39 is 0 Å². The highest BCUT2D eigenvalue weighted by Crippen LogP contribution is 2.13. The molecule has 2 nitrogen and oxygen atoms in total. The van der Waals surface area contributed by atoms with Crippen LogP contribution in [0.4, 0.5) is 0 Å². The van der Waals surface area contributed by atoms with E-state index in [0.717, 1.165) is 12.0 Å². The molecule has 0 aromatic heterocycles. The van der Waals surface area contributed by atoms with Gasteiger partial charge < -0.3 is 10.2 Å². The van der Waals surface area contributed by atoms with Crippen molar-refractivity contribution >= 4 is 0 Å². The molecule has 1 saturated heterocycles. The van der Waals surface area contributed by atoms with E-state index in [9.17, 15) is 0 Å². The summed E-state index contributed by atoms with van der Waals surface area (Å²) >= 11 is 0. The molecule has 0 saturated carbocycles. The third-order valence-electron chi connectivity index (χ3n) is 4.78. The van der Waals surface area contributed by atoms with Crippen molar-refractivity contribution in [2.45, 2.75) is 91.0 Å². The van der Waals surface area contributed by atoms with Crippen molar-refractivity contribution in [2.75, 3.05) is 26.2 Å². The largest absolute Gasteiger partial charge is 0.314 e. The van der Waals surface area contributed by atoms with E-state index in [1.807, 2.05) is 0 Å². The number of likely N-dealkylation sites (tertiary alicyclic amines) is 1. The Bertz CT molecular complexity index is 222. The molecule has 1 fully saturated rings. The molecule has 0 aliphatic carbocycles. The van der Waals surface area contributed by atoms with E-state index in [-0.39, 0.29) is 0 Å². The molecule has 1 heterocycles. The third kappa shape index (κ3) is 10.3. The normalized spacial score (nSPS) is 18.3. The minimum absolute atomic E-state index is 0.764. The van der Waals surface area contributed by atoms with Crippen LogP contribution in [0.25, 0.3) is 0 Å². The zero-order chi connectivity index (χ0) is 15.3. The van der Waals surface area contributed by atoms with Gasteiger partial charge in [0.1, 0.15) is 0 Å². The van der Waals surface area contributed by atoms with E-state index in [4.69, 9.17) is 0 Å². The maximum atomic E-state index is 3.85. The van der Waals surface area contributed by atoms with Crippen LogP contribution in [0.5, 0.6) is 0 Å². The molecule has 1 aliphatic heterocycles. The zero-order valence-corrected chi connectivity index (χ0v) is 15.0. The first kappa shape index (κ1) is 19.0. The molecule has 1 atom stereocenters. The topological polar surface area (TPSA) is 15.3 Å². The van der Waals surface area contributed by atoms with Gasteiger partial charge >= 0.3 is 0 Å². The molecule has 1 unspecified atom stereocenters. The van der Waals surface area contributed by atoms with E-state index in [1.54, 1.807) is 0 Å². The lowest BCUT2D eigenvalue weighted by molar-refractivity contribution is 0.224.